The maximum Gasteiger partial charge on any atom is 0.319 e. The molecule has 2 aliphatic rings. The number of hydrogen-bond donors (Lipinski definition) is 0. The number of methoxy groups -OCH3 is 1. The quantitative estimate of drug-likeness (QED) is 0.627. The minimum atomic E-state index is -0.0856. The van der Waals surface area contributed by atoms with Crippen molar-refractivity contribution < 1.29 is 9.53 Å². The average Bonchev–Trinajstić information content (AvgIpc) is 2.66. The van der Waals surface area contributed by atoms with E-state index < -0.39 is 0 Å². The summed E-state index contributed by atoms with van der Waals surface area (Å²) in [6.07, 6.45) is 6.59. The maximum absolute atomic E-state index is 11.2. The molecule has 0 bridgehead atoms. The molecule has 1 saturated heterocycles. The Hall–Kier alpha value is -0.570. The second kappa shape index (κ2) is 4.30. The van der Waals surface area contributed by atoms with E-state index in [9.17, 15) is 4.79 Å². The van der Waals surface area contributed by atoms with Crippen LogP contribution < -0.4 is 0 Å². The van der Waals surface area contributed by atoms with Crippen molar-refractivity contribution in [1.82, 2.24) is 4.90 Å². The summed E-state index contributed by atoms with van der Waals surface area (Å²) in [5.41, 5.74) is 0. The molecule has 2 rings (SSSR count). The second-order valence-electron chi connectivity index (χ2n) is 4.45. The molecule has 1 aliphatic heterocycles. The molecule has 1 saturated carbocycles. The molecule has 3 nitrogen and oxygen atoms in total. The molecule has 80 valence electrons. The Morgan fingerprint density at radius 2 is 2.14 bits per heavy atom. The first-order valence-corrected chi connectivity index (χ1v) is 5.62. The fourth-order valence-electron chi connectivity index (χ4n) is 2.98. The van der Waals surface area contributed by atoms with Crippen LogP contribution in [0.25, 0.3) is 0 Å². The van der Waals surface area contributed by atoms with Crippen LogP contribution in [0.2, 0.25) is 0 Å². The first-order valence-electron chi connectivity index (χ1n) is 5.62. The Balaban J connectivity index is 1.93. The third kappa shape index (κ3) is 1.92. The zero-order chi connectivity index (χ0) is 9.97. The lowest BCUT2D eigenvalue weighted by molar-refractivity contribution is -0.143. The predicted molar refractivity (Wildman–Crippen MR) is 54.0 cm³/mol. The van der Waals surface area contributed by atoms with Crippen molar-refractivity contribution in [2.75, 3.05) is 20.2 Å². The van der Waals surface area contributed by atoms with Crippen LogP contribution in [0.3, 0.4) is 0 Å². The van der Waals surface area contributed by atoms with Gasteiger partial charge in [-0.05, 0) is 38.1 Å². The molecule has 2 unspecified atom stereocenters. The third-order valence-electron chi connectivity index (χ3n) is 3.67. The van der Waals surface area contributed by atoms with Crippen molar-refractivity contribution in [3.05, 3.63) is 0 Å². The van der Waals surface area contributed by atoms with E-state index in [2.05, 4.69) is 4.90 Å². The fraction of sp³-hybridized carbons (Fsp3) is 0.909. The third-order valence-corrected chi connectivity index (χ3v) is 3.67. The SMILES string of the molecule is COC(=O)CN1CCCC2CCCC21. The molecule has 0 N–H and O–H groups in total. The fourth-order valence-corrected chi connectivity index (χ4v) is 2.98. The van der Waals surface area contributed by atoms with Crippen LogP contribution in [-0.4, -0.2) is 37.1 Å². The Bertz CT molecular complexity index is 217. The number of hydrogen-bond acceptors (Lipinski definition) is 3. The molecule has 2 fully saturated rings. The van der Waals surface area contributed by atoms with Gasteiger partial charge in [-0.1, -0.05) is 6.42 Å². The Morgan fingerprint density at radius 1 is 1.36 bits per heavy atom. The predicted octanol–water partition coefficient (Wildman–Crippen LogP) is 1.42. The van der Waals surface area contributed by atoms with Gasteiger partial charge >= 0.3 is 5.97 Å². The number of likely N-dealkylation sites (tertiary alicyclic amines) is 1. The zero-order valence-corrected chi connectivity index (χ0v) is 8.87. The largest absolute Gasteiger partial charge is 0.468 e. The number of rotatable bonds is 2. The van der Waals surface area contributed by atoms with Crippen molar-refractivity contribution in [1.29, 1.82) is 0 Å². The highest BCUT2D eigenvalue weighted by Gasteiger charge is 2.35. The standard InChI is InChI=1S/C11H19NO2/c1-14-11(13)8-12-7-3-5-9-4-2-6-10(9)12/h9-10H,2-8H2,1H3. The molecular formula is C11H19NO2. The van der Waals surface area contributed by atoms with Gasteiger partial charge in [-0.2, -0.15) is 0 Å². The molecule has 0 aromatic carbocycles. The number of esters is 1. The Morgan fingerprint density at radius 3 is 2.93 bits per heavy atom. The van der Waals surface area contributed by atoms with Crippen LogP contribution >= 0.6 is 0 Å². The van der Waals surface area contributed by atoms with Crippen molar-refractivity contribution >= 4 is 5.97 Å². The van der Waals surface area contributed by atoms with Crippen LogP contribution in [0.4, 0.5) is 0 Å². The molecule has 0 aromatic rings. The molecule has 0 amide bonds. The van der Waals surface area contributed by atoms with Crippen LogP contribution in [0, 0.1) is 5.92 Å². The van der Waals surface area contributed by atoms with Crippen LogP contribution in [0.1, 0.15) is 32.1 Å². The maximum atomic E-state index is 11.2. The summed E-state index contributed by atoms with van der Waals surface area (Å²) >= 11 is 0. The van der Waals surface area contributed by atoms with E-state index in [1.165, 1.54) is 39.2 Å². The highest BCUT2D eigenvalue weighted by molar-refractivity contribution is 5.71. The van der Waals surface area contributed by atoms with E-state index >= 15 is 0 Å². The number of nitrogens with zero attached hydrogens (tertiary/aromatic N) is 1. The molecule has 2 atom stereocenters. The van der Waals surface area contributed by atoms with Crippen LogP contribution in [0.5, 0.6) is 0 Å². The summed E-state index contributed by atoms with van der Waals surface area (Å²) in [6, 6.07) is 0.669. The molecule has 0 radical (unpaired) electrons. The number of piperidine rings is 1. The van der Waals surface area contributed by atoms with Crippen molar-refractivity contribution in [2.45, 2.75) is 38.1 Å². The normalized spacial score (nSPS) is 32.6. The number of fused-ring (bicyclic) bond motifs is 1. The van der Waals surface area contributed by atoms with E-state index in [-0.39, 0.29) is 5.97 Å². The summed E-state index contributed by atoms with van der Waals surface area (Å²) in [4.78, 5) is 13.5. The number of carbonyl (C=O) groups excluding carboxylic acids is 1. The van der Waals surface area contributed by atoms with Crippen molar-refractivity contribution in [3.63, 3.8) is 0 Å². The van der Waals surface area contributed by atoms with Gasteiger partial charge in [0.05, 0.1) is 13.7 Å². The molecule has 14 heavy (non-hydrogen) atoms. The van der Waals surface area contributed by atoms with Gasteiger partial charge in [0.15, 0.2) is 0 Å². The highest BCUT2D eigenvalue weighted by atomic mass is 16.5. The first kappa shape index (κ1) is 9.97. The second-order valence-corrected chi connectivity index (χ2v) is 4.45. The topological polar surface area (TPSA) is 29.5 Å². The Labute approximate surface area is 85.4 Å². The molecule has 3 heteroatoms. The number of carbonyl (C=O) groups is 1. The minimum absolute atomic E-state index is 0.0856. The monoisotopic (exact) mass is 197 g/mol. The first-order chi connectivity index (χ1) is 6.81. The smallest absolute Gasteiger partial charge is 0.319 e. The summed E-state index contributed by atoms with van der Waals surface area (Å²) in [7, 11) is 1.47. The van der Waals surface area contributed by atoms with Gasteiger partial charge in [0.1, 0.15) is 0 Å². The van der Waals surface area contributed by atoms with E-state index in [4.69, 9.17) is 4.74 Å². The van der Waals surface area contributed by atoms with Gasteiger partial charge in [-0.15, -0.1) is 0 Å². The van der Waals surface area contributed by atoms with E-state index in [0.29, 0.717) is 12.6 Å². The Kier molecular flexibility index (Phi) is 3.06. The molecule has 0 spiro atoms. The average molecular weight is 197 g/mol. The molecule has 1 aliphatic carbocycles. The lowest BCUT2D eigenvalue weighted by Gasteiger charge is -2.36. The molecule has 1 heterocycles. The molecular weight excluding hydrogens is 178 g/mol. The highest BCUT2D eigenvalue weighted by Crippen LogP contribution is 2.36. The summed E-state index contributed by atoms with van der Waals surface area (Å²) in [5, 5.41) is 0. The van der Waals surface area contributed by atoms with Gasteiger partial charge in [0.2, 0.25) is 0 Å². The number of ether oxygens (including phenoxy) is 1. The van der Waals surface area contributed by atoms with Gasteiger partial charge in [0, 0.05) is 6.04 Å². The van der Waals surface area contributed by atoms with Gasteiger partial charge in [-0.3, -0.25) is 9.69 Å². The van der Waals surface area contributed by atoms with Crippen molar-refractivity contribution in [2.24, 2.45) is 5.92 Å². The van der Waals surface area contributed by atoms with Crippen molar-refractivity contribution in [3.8, 4) is 0 Å². The van der Waals surface area contributed by atoms with E-state index in [1.54, 1.807) is 0 Å². The minimum Gasteiger partial charge on any atom is -0.468 e. The summed E-state index contributed by atoms with van der Waals surface area (Å²) in [5.74, 6) is 0.769. The van der Waals surface area contributed by atoms with E-state index in [0.717, 1.165) is 12.5 Å². The van der Waals surface area contributed by atoms with Gasteiger partial charge < -0.3 is 4.74 Å². The molecule has 0 aromatic heterocycles. The zero-order valence-electron chi connectivity index (χ0n) is 8.87. The summed E-state index contributed by atoms with van der Waals surface area (Å²) in [6.45, 7) is 1.58. The van der Waals surface area contributed by atoms with Crippen LogP contribution in [-0.2, 0) is 9.53 Å². The summed E-state index contributed by atoms with van der Waals surface area (Å²) < 4.78 is 4.72. The van der Waals surface area contributed by atoms with E-state index in [1.807, 2.05) is 0 Å². The van der Waals surface area contributed by atoms with Gasteiger partial charge in [-0.25, -0.2) is 0 Å². The lowest BCUT2D eigenvalue weighted by atomic mass is 9.92. The van der Waals surface area contributed by atoms with Gasteiger partial charge in [0.25, 0.3) is 0 Å². The van der Waals surface area contributed by atoms with Crippen LogP contribution in [0.15, 0.2) is 0 Å². The lowest BCUT2D eigenvalue weighted by Crippen LogP contribution is -2.45.